The number of halogens is 1. The second-order valence-electron chi connectivity index (χ2n) is 7.40. The Morgan fingerprint density at radius 3 is 2.82 bits per heavy atom. The van der Waals surface area contributed by atoms with Crippen LogP contribution in [0.3, 0.4) is 0 Å². The molecule has 0 atom stereocenters. The molecule has 1 aromatic carbocycles. The number of nitrogens with zero attached hydrogens (tertiary/aromatic N) is 4. The average Bonchev–Trinajstić information content (AvgIpc) is 3.08. The lowest BCUT2D eigenvalue weighted by Crippen LogP contribution is -2.21. The SMILES string of the molecule is Cc1nc2cccnc2n2c(-c3cc(OCCC(C)(C)O)ccc3Cl)ncc12. The lowest BCUT2D eigenvalue weighted by molar-refractivity contribution is 0.0553. The van der Waals surface area contributed by atoms with Crippen LogP contribution in [0.4, 0.5) is 0 Å². The Balaban J connectivity index is 1.81. The van der Waals surface area contributed by atoms with Gasteiger partial charge < -0.3 is 9.84 Å². The van der Waals surface area contributed by atoms with Crippen LogP contribution in [0.5, 0.6) is 5.75 Å². The number of imidazole rings is 1. The Bertz CT molecular complexity index is 1160. The van der Waals surface area contributed by atoms with Gasteiger partial charge in [-0.3, -0.25) is 4.40 Å². The largest absolute Gasteiger partial charge is 0.493 e. The van der Waals surface area contributed by atoms with E-state index in [4.69, 9.17) is 16.3 Å². The van der Waals surface area contributed by atoms with E-state index < -0.39 is 5.60 Å². The number of hydrogen-bond acceptors (Lipinski definition) is 5. The minimum absolute atomic E-state index is 0.403. The summed E-state index contributed by atoms with van der Waals surface area (Å²) in [6.07, 6.45) is 4.04. The molecule has 4 rings (SSSR count). The molecule has 0 saturated heterocycles. The van der Waals surface area contributed by atoms with Crippen LogP contribution in [0.1, 0.15) is 26.0 Å². The number of aryl methyl sites for hydroxylation is 1. The van der Waals surface area contributed by atoms with E-state index in [0.29, 0.717) is 29.6 Å². The molecule has 4 aromatic rings. The lowest BCUT2D eigenvalue weighted by Gasteiger charge is -2.17. The molecule has 28 heavy (non-hydrogen) atoms. The Kier molecular flexibility index (Phi) is 4.69. The Hall–Kier alpha value is -2.70. The normalized spacial score (nSPS) is 12.0. The summed E-state index contributed by atoms with van der Waals surface area (Å²) >= 11 is 6.50. The molecule has 3 aromatic heterocycles. The lowest BCUT2D eigenvalue weighted by atomic mass is 10.1. The molecule has 0 unspecified atom stereocenters. The third-order valence-electron chi connectivity index (χ3n) is 4.56. The van der Waals surface area contributed by atoms with Crippen molar-refractivity contribution < 1.29 is 9.84 Å². The van der Waals surface area contributed by atoms with E-state index in [0.717, 1.165) is 27.9 Å². The molecule has 6 nitrogen and oxygen atoms in total. The van der Waals surface area contributed by atoms with Crippen molar-refractivity contribution in [2.24, 2.45) is 0 Å². The van der Waals surface area contributed by atoms with E-state index in [2.05, 4.69) is 15.0 Å². The third-order valence-corrected chi connectivity index (χ3v) is 4.89. The monoisotopic (exact) mass is 396 g/mol. The van der Waals surface area contributed by atoms with Crippen LogP contribution in [0.15, 0.2) is 42.7 Å². The first-order chi connectivity index (χ1) is 13.3. The summed E-state index contributed by atoms with van der Waals surface area (Å²) in [5.74, 6) is 1.35. The van der Waals surface area contributed by atoms with Gasteiger partial charge in [-0.2, -0.15) is 0 Å². The first-order valence-electron chi connectivity index (χ1n) is 9.07. The highest BCUT2D eigenvalue weighted by molar-refractivity contribution is 6.33. The fourth-order valence-corrected chi connectivity index (χ4v) is 3.28. The zero-order valence-electron chi connectivity index (χ0n) is 16.0. The van der Waals surface area contributed by atoms with Crippen LogP contribution < -0.4 is 4.74 Å². The van der Waals surface area contributed by atoms with Crippen LogP contribution in [0.2, 0.25) is 5.02 Å². The quantitative estimate of drug-likeness (QED) is 0.539. The second kappa shape index (κ2) is 7.04. The number of fused-ring (bicyclic) bond motifs is 3. The van der Waals surface area contributed by atoms with Gasteiger partial charge in [0.05, 0.1) is 34.6 Å². The van der Waals surface area contributed by atoms with Gasteiger partial charge in [-0.25, -0.2) is 15.0 Å². The van der Waals surface area contributed by atoms with Gasteiger partial charge in [-0.15, -0.1) is 0 Å². The first-order valence-corrected chi connectivity index (χ1v) is 9.45. The molecule has 0 aliphatic rings. The number of benzene rings is 1. The number of pyridine rings is 1. The van der Waals surface area contributed by atoms with E-state index in [1.807, 2.05) is 35.6 Å². The van der Waals surface area contributed by atoms with E-state index in [9.17, 15) is 5.11 Å². The van der Waals surface area contributed by atoms with Gasteiger partial charge >= 0.3 is 0 Å². The summed E-state index contributed by atoms with van der Waals surface area (Å²) in [6, 6.07) is 9.26. The molecule has 0 amide bonds. The molecule has 0 aliphatic carbocycles. The predicted molar refractivity (Wildman–Crippen MR) is 110 cm³/mol. The molecule has 144 valence electrons. The van der Waals surface area contributed by atoms with Crippen LogP contribution >= 0.6 is 11.6 Å². The van der Waals surface area contributed by atoms with Gasteiger partial charge in [0.15, 0.2) is 5.65 Å². The van der Waals surface area contributed by atoms with Gasteiger partial charge in [0.1, 0.15) is 17.1 Å². The van der Waals surface area contributed by atoms with Gasteiger partial charge in [0.2, 0.25) is 0 Å². The molecule has 0 radical (unpaired) electrons. The summed E-state index contributed by atoms with van der Waals surface area (Å²) in [6.45, 7) is 5.87. The maximum Gasteiger partial charge on any atom is 0.164 e. The first kappa shape index (κ1) is 18.7. The molecule has 0 spiro atoms. The van der Waals surface area contributed by atoms with Crippen LogP contribution in [0, 0.1) is 6.92 Å². The maximum absolute atomic E-state index is 9.86. The Morgan fingerprint density at radius 2 is 2.04 bits per heavy atom. The van der Waals surface area contributed by atoms with Gasteiger partial charge in [-0.05, 0) is 51.1 Å². The van der Waals surface area contributed by atoms with Crippen molar-refractivity contribution in [3.8, 4) is 17.1 Å². The van der Waals surface area contributed by atoms with Crippen LogP contribution in [0.25, 0.3) is 28.1 Å². The number of aliphatic hydroxyl groups is 1. The number of rotatable bonds is 5. The molecule has 3 heterocycles. The van der Waals surface area contributed by atoms with Crippen molar-refractivity contribution in [3.63, 3.8) is 0 Å². The van der Waals surface area contributed by atoms with Gasteiger partial charge in [0.25, 0.3) is 0 Å². The zero-order valence-corrected chi connectivity index (χ0v) is 16.7. The molecule has 0 fully saturated rings. The summed E-state index contributed by atoms with van der Waals surface area (Å²) in [5, 5.41) is 10.4. The summed E-state index contributed by atoms with van der Waals surface area (Å²) in [7, 11) is 0. The van der Waals surface area contributed by atoms with E-state index >= 15 is 0 Å². The van der Waals surface area contributed by atoms with E-state index in [-0.39, 0.29) is 0 Å². The highest BCUT2D eigenvalue weighted by Crippen LogP contribution is 2.33. The highest BCUT2D eigenvalue weighted by Gasteiger charge is 2.17. The summed E-state index contributed by atoms with van der Waals surface area (Å²) < 4.78 is 7.79. The zero-order chi connectivity index (χ0) is 19.9. The number of aromatic nitrogens is 4. The molecular weight excluding hydrogens is 376 g/mol. The van der Waals surface area contributed by atoms with Crippen molar-refractivity contribution >= 4 is 28.3 Å². The van der Waals surface area contributed by atoms with Crippen LogP contribution in [-0.2, 0) is 0 Å². The second-order valence-corrected chi connectivity index (χ2v) is 7.81. The minimum Gasteiger partial charge on any atom is -0.493 e. The summed E-state index contributed by atoms with van der Waals surface area (Å²) in [4.78, 5) is 13.7. The molecular formula is C21H21ClN4O2. The highest BCUT2D eigenvalue weighted by atomic mass is 35.5. The van der Waals surface area contributed by atoms with E-state index in [1.54, 1.807) is 32.3 Å². The van der Waals surface area contributed by atoms with Crippen molar-refractivity contribution in [2.75, 3.05) is 6.61 Å². The molecule has 1 N–H and O–H groups in total. The maximum atomic E-state index is 9.86. The molecule has 0 saturated carbocycles. The fraction of sp³-hybridized carbons (Fsp3) is 0.286. The number of hydrogen-bond donors (Lipinski definition) is 1. The van der Waals surface area contributed by atoms with Crippen molar-refractivity contribution in [3.05, 3.63) is 53.4 Å². The topological polar surface area (TPSA) is 72.5 Å². The molecule has 0 aliphatic heterocycles. The smallest absolute Gasteiger partial charge is 0.164 e. The molecule has 0 bridgehead atoms. The average molecular weight is 397 g/mol. The molecule has 7 heteroatoms. The van der Waals surface area contributed by atoms with E-state index in [1.165, 1.54) is 0 Å². The fourth-order valence-electron chi connectivity index (χ4n) is 3.08. The van der Waals surface area contributed by atoms with Crippen molar-refractivity contribution in [1.29, 1.82) is 0 Å². The summed E-state index contributed by atoms with van der Waals surface area (Å²) in [5.41, 5.74) is 3.24. The van der Waals surface area contributed by atoms with Crippen molar-refractivity contribution in [1.82, 2.24) is 19.4 Å². The standard InChI is InChI=1S/C21H21ClN4O2/c1-13-18-12-24-19(26(18)20-17(25-13)5-4-9-23-20)15-11-14(6-7-16(15)22)28-10-8-21(2,3)27/h4-7,9,11-12,27H,8,10H2,1-3H3. The minimum atomic E-state index is -0.774. The van der Waals surface area contributed by atoms with Crippen molar-refractivity contribution in [2.45, 2.75) is 32.8 Å². The third kappa shape index (κ3) is 3.53. The Morgan fingerprint density at radius 1 is 1.21 bits per heavy atom. The predicted octanol–water partition coefficient (Wildman–Crippen LogP) is 4.45. The van der Waals surface area contributed by atoms with Crippen LogP contribution in [-0.4, -0.2) is 36.7 Å². The van der Waals surface area contributed by atoms with Gasteiger partial charge in [0, 0.05) is 18.2 Å². The Labute approximate surface area is 167 Å². The van der Waals surface area contributed by atoms with Gasteiger partial charge in [-0.1, -0.05) is 11.6 Å². The number of ether oxygens (including phenoxy) is 1.